The fourth-order valence-corrected chi connectivity index (χ4v) is 3.99. The van der Waals surface area contributed by atoms with Gasteiger partial charge in [0.2, 0.25) is 0 Å². The van der Waals surface area contributed by atoms with Gasteiger partial charge in [0.05, 0.1) is 47.6 Å². The highest BCUT2D eigenvalue weighted by molar-refractivity contribution is 5.81. The molecule has 0 radical (unpaired) electrons. The summed E-state index contributed by atoms with van der Waals surface area (Å²) in [6.45, 7) is 4.43. The van der Waals surface area contributed by atoms with E-state index in [0.29, 0.717) is 18.5 Å². The molecule has 2 aromatic carbocycles. The van der Waals surface area contributed by atoms with Gasteiger partial charge in [0.25, 0.3) is 5.56 Å². The molecule has 1 saturated heterocycles. The molecule has 4 aromatic rings. The molecule has 31 heavy (non-hydrogen) atoms. The SMILES string of the molecule is COCCn1cnc2cc(N3CCN(c4cnc5ccccc5n4)CC3)ccc2c1=O. The first kappa shape index (κ1) is 19.4. The lowest BCUT2D eigenvalue weighted by molar-refractivity contribution is 0.186. The fourth-order valence-electron chi connectivity index (χ4n) is 3.99. The molecule has 0 aliphatic carbocycles. The minimum absolute atomic E-state index is 0.0340. The molecule has 8 heteroatoms. The minimum Gasteiger partial charge on any atom is -0.383 e. The summed E-state index contributed by atoms with van der Waals surface area (Å²) in [6, 6.07) is 13.8. The number of nitrogens with zero attached hydrogens (tertiary/aromatic N) is 6. The standard InChI is InChI=1S/C23H24N6O2/c1-31-13-12-29-16-25-21-14-17(6-7-18(21)23(29)30)27-8-10-28(11-9-27)22-15-24-19-4-2-3-5-20(19)26-22/h2-7,14-16H,8-13H2,1H3. The molecule has 0 amide bonds. The zero-order valence-electron chi connectivity index (χ0n) is 17.4. The Kier molecular flexibility index (Phi) is 5.21. The maximum Gasteiger partial charge on any atom is 0.261 e. The van der Waals surface area contributed by atoms with Crippen molar-refractivity contribution in [2.45, 2.75) is 6.54 Å². The molecule has 8 nitrogen and oxygen atoms in total. The minimum atomic E-state index is -0.0340. The van der Waals surface area contributed by atoms with Crippen molar-refractivity contribution in [3.05, 3.63) is 65.3 Å². The Hall–Kier alpha value is -3.52. The first-order valence-corrected chi connectivity index (χ1v) is 10.4. The third-order valence-electron chi connectivity index (χ3n) is 5.75. The summed E-state index contributed by atoms with van der Waals surface area (Å²) in [4.78, 5) is 31.0. The molecule has 5 rings (SSSR count). The van der Waals surface area contributed by atoms with Crippen molar-refractivity contribution >= 4 is 33.4 Å². The number of methoxy groups -OCH3 is 1. The molecule has 158 valence electrons. The van der Waals surface area contributed by atoms with Crippen molar-refractivity contribution < 1.29 is 4.74 Å². The lowest BCUT2D eigenvalue weighted by Gasteiger charge is -2.36. The molecule has 1 aliphatic rings. The summed E-state index contributed by atoms with van der Waals surface area (Å²) >= 11 is 0. The van der Waals surface area contributed by atoms with Crippen LogP contribution in [-0.4, -0.2) is 59.4 Å². The van der Waals surface area contributed by atoms with Crippen molar-refractivity contribution in [1.82, 2.24) is 19.5 Å². The quantitative estimate of drug-likeness (QED) is 0.494. The van der Waals surface area contributed by atoms with Gasteiger partial charge in [-0.3, -0.25) is 14.3 Å². The summed E-state index contributed by atoms with van der Waals surface area (Å²) in [7, 11) is 1.62. The van der Waals surface area contributed by atoms with Crippen LogP contribution >= 0.6 is 0 Å². The Balaban J connectivity index is 1.32. The molecule has 0 bridgehead atoms. The number of para-hydroxylation sites is 2. The molecule has 1 aliphatic heterocycles. The Morgan fingerprint density at radius 1 is 0.935 bits per heavy atom. The van der Waals surface area contributed by atoms with Crippen LogP contribution in [0.25, 0.3) is 21.9 Å². The maximum absolute atomic E-state index is 12.6. The second-order valence-electron chi connectivity index (χ2n) is 7.63. The van der Waals surface area contributed by atoms with Gasteiger partial charge in [0.1, 0.15) is 5.82 Å². The number of fused-ring (bicyclic) bond motifs is 2. The van der Waals surface area contributed by atoms with Gasteiger partial charge in [-0.2, -0.15) is 0 Å². The Labute approximate surface area is 179 Å². The molecule has 2 aromatic heterocycles. The van der Waals surface area contributed by atoms with Crippen LogP contribution in [0, 0.1) is 0 Å². The lowest BCUT2D eigenvalue weighted by Crippen LogP contribution is -2.46. The van der Waals surface area contributed by atoms with Gasteiger partial charge >= 0.3 is 0 Å². The van der Waals surface area contributed by atoms with Crippen molar-refractivity contribution in [2.24, 2.45) is 0 Å². The zero-order chi connectivity index (χ0) is 21.2. The van der Waals surface area contributed by atoms with Gasteiger partial charge in [0, 0.05) is 39.0 Å². The van der Waals surface area contributed by atoms with E-state index in [0.717, 1.165) is 54.2 Å². The van der Waals surface area contributed by atoms with Gasteiger partial charge in [-0.1, -0.05) is 12.1 Å². The Morgan fingerprint density at radius 3 is 2.52 bits per heavy atom. The highest BCUT2D eigenvalue weighted by atomic mass is 16.5. The smallest absolute Gasteiger partial charge is 0.261 e. The van der Waals surface area contributed by atoms with Gasteiger partial charge in [-0.25, -0.2) is 9.97 Å². The van der Waals surface area contributed by atoms with E-state index < -0.39 is 0 Å². The van der Waals surface area contributed by atoms with Gasteiger partial charge < -0.3 is 14.5 Å². The van der Waals surface area contributed by atoms with Crippen LogP contribution in [0.3, 0.4) is 0 Å². The van der Waals surface area contributed by atoms with E-state index in [9.17, 15) is 4.79 Å². The highest BCUT2D eigenvalue weighted by Crippen LogP contribution is 2.22. The molecule has 1 fully saturated rings. The lowest BCUT2D eigenvalue weighted by atomic mass is 10.2. The molecular formula is C23H24N6O2. The summed E-state index contributed by atoms with van der Waals surface area (Å²) in [5, 5.41) is 0.632. The summed E-state index contributed by atoms with van der Waals surface area (Å²) in [6.07, 6.45) is 3.45. The van der Waals surface area contributed by atoms with E-state index in [1.807, 2.05) is 48.7 Å². The normalized spacial score (nSPS) is 14.5. The third kappa shape index (κ3) is 3.82. The highest BCUT2D eigenvalue weighted by Gasteiger charge is 2.19. The van der Waals surface area contributed by atoms with E-state index in [-0.39, 0.29) is 5.56 Å². The molecule has 0 N–H and O–H groups in total. The van der Waals surface area contributed by atoms with Crippen LogP contribution in [0.4, 0.5) is 11.5 Å². The van der Waals surface area contributed by atoms with Crippen molar-refractivity contribution in [2.75, 3.05) is 49.7 Å². The third-order valence-corrected chi connectivity index (χ3v) is 5.75. The molecule has 0 saturated carbocycles. The average molecular weight is 416 g/mol. The Bertz CT molecular complexity index is 1280. The first-order chi connectivity index (χ1) is 15.2. The number of aromatic nitrogens is 4. The van der Waals surface area contributed by atoms with Gasteiger partial charge in [0.15, 0.2) is 0 Å². The maximum atomic E-state index is 12.6. The van der Waals surface area contributed by atoms with E-state index in [1.165, 1.54) is 0 Å². The van der Waals surface area contributed by atoms with Crippen molar-refractivity contribution in [1.29, 1.82) is 0 Å². The van der Waals surface area contributed by atoms with E-state index in [2.05, 4.69) is 19.8 Å². The Morgan fingerprint density at radius 2 is 1.71 bits per heavy atom. The summed E-state index contributed by atoms with van der Waals surface area (Å²) in [5.74, 6) is 0.912. The van der Waals surface area contributed by atoms with Crippen molar-refractivity contribution in [3.63, 3.8) is 0 Å². The topological polar surface area (TPSA) is 76.4 Å². The number of hydrogen-bond donors (Lipinski definition) is 0. The summed E-state index contributed by atoms with van der Waals surface area (Å²) in [5.41, 5.74) is 3.60. The van der Waals surface area contributed by atoms with Crippen LogP contribution in [0.1, 0.15) is 0 Å². The van der Waals surface area contributed by atoms with Gasteiger partial charge in [-0.05, 0) is 30.3 Å². The number of benzene rings is 2. The molecule has 0 unspecified atom stereocenters. The van der Waals surface area contributed by atoms with Crippen LogP contribution in [0.5, 0.6) is 0 Å². The second kappa shape index (κ2) is 8.31. The van der Waals surface area contributed by atoms with E-state index >= 15 is 0 Å². The van der Waals surface area contributed by atoms with Gasteiger partial charge in [-0.15, -0.1) is 0 Å². The van der Waals surface area contributed by atoms with Crippen LogP contribution in [-0.2, 0) is 11.3 Å². The average Bonchev–Trinajstić information content (AvgIpc) is 2.83. The number of hydrogen-bond acceptors (Lipinski definition) is 7. The fraction of sp³-hybridized carbons (Fsp3) is 0.304. The summed E-state index contributed by atoms with van der Waals surface area (Å²) < 4.78 is 6.66. The molecule has 3 heterocycles. The predicted molar refractivity (Wildman–Crippen MR) is 122 cm³/mol. The monoisotopic (exact) mass is 416 g/mol. The largest absolute Gasteiger partial charge is 0.383 e. The van der Waals surface area contributed by atoms with E-state index in [1.54, 1.807) is 18.0 Å². The number of rotatable bonds is 5. The zero-order valence-corrected chi connectivity index (χ0v) is 17.4. The van der Waals surface area contributed by atoms with Crippen LogP contribution in [0.2, 0.25) is 0 Å². The number of piperazine rings is 1. The number of ether oxygens (including phenoxy) is 1. The second-order valence-corrected chi connectivity index (χ2v) is 7.63. The van der Waals surface area contributed by atoms with Crippen molar-refractivity contribution in [3.8, 4) is 0 Å². The number of anilines is 2. The molecule has 0 atom stereocenters. The first-order valence-electron chi connectivity index (χ1n) is 10.4. The molecule has 0 spiro atoms. The van der Waals surface area contributed by atoms with E-state index in [4.69, 9.17) is 9.72 Å². The predicted octanol–water partition coefficient (Wildman–Crippen LogP) is 2.31. The van der Waals surface area contributed by atoms with Crippen LogP contribution in [0.15, 0.2) is 59.8 Å². The van der Waals surface area contributed by atoms with Crippen LogP contribution < -0.4 is 15.4 Å². The molecular weight excluding hydrogens is 392 g/mol.